The molecule has 1 aliphatic heterocycles. The van der Waals surface area contributed by atoms with Crippen LogP contribution in [0.3, 0.4) is 0 Å². The van der Waals surface area contributed by atoms with Crippen molar-refractivity contribution in [3.05, 3.63) is 24.3 Å². The maximum absolute atomic E-state index is 12.4. The lowest BCUT2D eigenvalue weighted by molar-refractivity contribution is -0.124. The van der Waals surface area contributed by atoms with E-state index in [4.69, 9.17) is 4.74 Å². The highest BCUT2D eigenvalue weighted by Gasteiger charge is 2.36. The van der Waals surface area contributed by atoms with Crippen molar-refractivity contribution in [2.45, 2.75) is 52.4 Å². The van der Waals surface area contributed by atoms with Crippen molar-refractivity contribution in [1.29, 1.82) is 0 Å². The molecule has 4 nitrogen and oxygen atoms in total. The molecule has 1 aromatic carbocycles. The number of nitrogens with zero attached hydrogens (tertiary/aromatic N) is 1. The van der Waals surface area contributed by atoms with Gasteiger partial charge in [0.2, 0.25) is 5.91 Å². The third-order valence-corrected chi connectivity index (χ3v) is 5.78. The Morgan fingerprint density at radius 2 is 1.96 bits per heavy atom. The second-order valence-corrected chi connectivity index (χ2v) is 8.14. The fourth-order valence-electron chi connectivity index (χ4n) is 4.08. The van der Waals surface area contributed by atoms with Gasteiger partial charge in [-0.15, -0.1) is 0 Å². The molecule has 2 fully saturated rings. The minimum Gasteiger partial charge on any atom is -0.492 e. The number of likely N-dealkylation sites (tertiary alicyclic amines) is 1. The van der Waals surface area contributed by atoms with Gasteiger partial charge in [-0.2, -0.15) is 0 Å². The second-order valence-electron chi connectivity index (χ2n) is 8.14. The van der Waals surface area contributed by atoms with Crippen LogP contribution in [0.4, 0.5) is 5.69 Å². The molecular formula is C21H32N2O2. The van der Waals surface area contributed by atoms with Crippen LogP contribution in [-0.4, -0.2) is 37.0 Å². The number of piperidine rings is 1. The van der Waals surface area contributed by atoms with E-state index < -0.39 is 0 Å². The molecule has 1 N–H and O–H groups in total. The summed E-state index contributed by atoms with van der Waals surface area (Å²) in [5.41, 5.74) is 0.663. The maximum atomic E-state index is 12.4. The van der Waals surface area contributed by atoms with E-state index in [9.17, 15) is 4.79 Å². The van der Waals surface area contributed by atoms with Crippen LogP contribution in [0.25, 0.3) is 0 Å². The summed E-state index contributed by atoms with van der Waals surface area (Å²) in [7, 11) is 0. The summed E-state index contributed by atoms with van der Waals surface area (Å²) in [4.78, 5) is 14.9. The summed E-state index contributed by atoms with van der Waals surface area (Å²) >= 11 is 0. The highest BCUT2D eigenvalue weighted by atomic mass is 16.5. The smallest absolute Gasteiger partial charge is 0.230 e. The third-order valence-electron chi connectivity index (χ3n) is 5.78. The fourth-order valence-corrected chi connectivity index (χ4v) is 4.08. The molecule has 0 radical (unpaired) electrons. The number of hydrogen-bond donors (Lipinski definition) is 1. The van der Waals surface area contributed by atoms with Crippen molar-refractivity contribution in [2.24, 2.45) is 11.3 Å². The molecule has 1 saturated heterocycles. The van der Waals surface area contributed by atoms with Gasteiger partial charge in [0.25, 0.3) is 0 Å². The lowest BCUT2D eigenvalue weighted by Crippen LogP contribution is -2.37. The lowest BCUT2D eigenvalue weighted by atomic mass is 9.88. The van der Waals surface area contributed by atoms with Gasteiger partial charge in [0.1, 0.15) is 12.4 Å². The van der Waals surface area contributed by atoms with E-state index in [0.29, 0.717) is 0 Å². The molecule has 138 valence electrons. The Bertz CT molecular complexity index is 564. The van der Waals surface area contributed by atoms with Crippen molar-refractivity contribution < 1.29 is 9.53 Å². The molecule has 3 rings (SSSR count). The van der Waals surface area contributed by atoms with Gasteiger partial charge in [0.15, 0.2) is 0 Å². The standard InChI is InChI=1S/C21H32N2O2/c1-17-6-5-13-23(16-17)14-15-25-19-9-7-18(8-10-19)22-20(24)21(2)11-3-4-12-21/h7-10,17H,3-6,11-16H2,1-2H3,(H,22,24)/t17-/m1/s1. The van der Waals surface area contributed by atoms with Crippen molar-refractivity contribution in [3.8, 4) is 5.75 Å². The number of anilines is 1. The Labute approximate surface area is 151 Å². The van der Waals surface area contributed by atoms with E-state index in [1.54, 1.807) is 0 Å². The van der Waals surface area contributed by atoms with Crippen LogP contribution >= 0.6 is 0 Å². The number of benzene rings is 1. The first kappa shape index (κ1) is 18.2. The van der Waals surface area contributed by atoms with Crippen LogP contribution in [0.15, 0.2) is 24.3 Å². The monoisotopic (exact) mass is 344 g/mol. The summed E-state index contributed by atoms with van der Waals surface area (Å²) in [5.74, 6) is 1.83. The highest BCUT2D eigenvalue weighted by Crippen LogP contribution is 2.38. The molecule has 1 amide bonds. The van der Waals surface area contributed by atoms with Gasteiger partial charge in [0.05, 0.1) is 0 Å². The predicted molar refractivity (Wildman–Crippen MR) is 102 cm³/mol. The Morgan fingerprint density at radius 3 is 2.64 bits per heavy atom. The molecular weight excluding hydrogens is 312 g/mol. The van der Waals surface area contributed by atoms with Crippen LogP contribution < -0.4 is 10.1 Å². The van der Waals surface area contributed by atoms with E-state index in [2.05, 4.69) is 24.1 Å². The molecule has 2 aliphatic rings. The Kier molecular flexibility index (Phi) is 6.00. The molecule has 4 heteroatoms. The molecule has 0 bridgehead atoms. The van der Waals surface area contributed by atoms with Crippen molar-refractivity contribution >= 4 is 11.6 Å². The van der Waals surface area contributed by atoms with Crippen molar-refractivity contribution in [1.82, 2.24) is 4.90 Å². The summed E-state index contributed by atoms with van der Waals surface area (Å²) in [5, 5.41) is 3.06. The highest BCUT2D eigenvalue weighted by molar-refractivity contribution is 5.95. The van der Waals surface area contributed by atoms with Crippen molar-refractivity contribution in [3.63, 3.8) is 0 Å². The minimum atomic E-state index is -0.194. The Balaban J connectivity index is 1.43. The number of ether oxygens (including phenoxy) is 1. The quantitative estimate of drug-likeness (QED) is 0.836. The molecule has 1 saturated carbocycles. The normalized spacial score (nSPS) is 23.4. The molecule has 1 aromatic rings. The lowest BCUT2D eigenvalue weighted by Gasteiger charge is -2.30. The zero-order valence-electron chi connectivity index (χ0n) is 15.7. The maximum Gasteiger partial charge on any atom is 0.230 e. The number of hydrogen-bond acceptors (Lipinski definition) is 3. The average molecular weight is 344 g/mol. The van der Waals surface area contributed by atoms with E-state index in [0.717, 1.165) is 56.2 Å². The van der Waals surface area contributed by atoms with Crippen LogP contribution in [0.1, 0.15) is 52.4 Å². The predicted octanol–water partition coefficient (Wildman–Crippen LogP) is 4.32. The zero-order valence-corrected chi connectivity index (χ0v) is 15.7. The number of amides is 1. The average Bonchev–Trinajstić information content (AvgIpc) is 3.05. The summed E-state index contributed by atoms with van der Waals surface area (Å²) < 4.78 is 5.87. The number of carbonyl (C=O) groups is 1. The summed E-state index contributed by atoms with van der Waals surface area (Å²) in [6.45, 7) is 8.49. The molecule has 0 spiro atoms. The molecule has 1 atom stereocenters. The number of carbonyl (C=O) groups excluding carboxylic acids is 1. The largest absolute Gasteiger partial charge is 0.492 e. The molecule has 1 heterocycles. The van der Waals surface area contributed by atoms with Crippen LogP contribution in [0, 0.1) is 11.3 Å². The van der Waals surface area contributed by atoms with Crippen molar-refractivity contribution in [2.75, 3.05) is 31.6 Å². The first-order chi connectivity index (χ1) is 12.0. The molecule has 1 aliphatic carbocycles. The van der Waals surface area contributed by atoms with Gasteiger partial charge < -0.3 is 10.1 Å². The van der Waals surface area contributed by atoms with E-state index >= 15 is 0 Å². The van der Waals surface area contributed by atoms with Gasteiger partial charge in [-0.3, -0.25) is 9.69 Å². The van der Waals surface area contributed by atoms with Gasteiger partial charge in [0, 0.05) is 24.2 Å². The van der Waals surface area contributed by atoms with Gasteiger partial charge in [-0.1, -0.05) is 26.7 Å². The first-order valence-electron chi connectivity index (χ1n) is 9.82. The minimum absolute atomic E-state index is 0.151. The third kappa shape index (κ3) is 4.97. The fraction of sp³-hybridized carbons (Fsp3) is 0.667. The van der Waals surface area contributed by atoms with E-state index in [-0.39, 0.29) is 11.3 Å². The number of nitrogens with one attached hydrogen (secondary N) is 1. The molecule has 25 heavy (non-hydrogen) atoms. The summed E-state index contributed by atoms with van der Waals surface area (Å²) in [6, 6.07) is 7.78. The SMILES string of the molecule is C[C@@H]1CCCN(CCOc2ccc(NC(=O)C3(C)CCCC3)cc2)C1. The molecule has 0 aromatic heterocycles. The van der Waals surface area contributed by atoms with Gasteiger partial charge in [-0.25, -0.2) is 0 Å². The second kappa shape index (κ2) is 8.22. The van der Waals surface area contributed by atoms with E-state index in [1.165, 1.54) is 25.9 Å². The topological polar surface area (TPSA) is 41.6 Å². The summed E-state index contributed by atoms with van der Waals surface area (Å²) in [6.07, 6.45) is 6.96. The van der Waals surface area contributed by atoms with Crippen LogP contribution in [-0.2, 0) is 4.79 Å². The van der Waals surface area contributed by atoms with Gasteiger partial charge >= 0.3 is 0 Å². The zero-order chi connectivity index (χ0) is 17.7. The molecule has 0 unspecified atom stereocenters. The van der Waals surface area contributed by atoms with Crippen LogP contribution in [0.2, 0.25) is 0 Å². The Hall–Kier alpha value is -1.55. The van der Waals surface area contributed by atoms with Gasteiger partial charge in [-0.05, 0) is 62.4 Å². The number of rotatable bonds is 6. The van der Waals surface area contributed by atoms with Crippen LogP contribution in [0.5, 0.6) is 5.75 Å². The Morgan fingerprint density at radius 1 is 1.24 bits per heavy atom. The van der Waals surface area contributed by atoms with E-state index in [1.807, 2.05) is 24.3 Å². The first-order valence-corrected chi connectivity index (χ1v) is 9.82.